The maximum absolute atomic E-state index is 4.78. The first-order valence-corrected chi connectivity index (χ1v) is 15.3. The Bertz CT molecular complexity index is 2450. The molecule has 0 atom stereocenters. The Morgan fingerprint density at radius 1 is 0.378 bits per heavy atom. The minimum absolute atomic E-state index is 0.971. The van der Waals surface area contributed by atoms with Gasteiger partial charge in [-0.25, -0.2) is 4.98 Å². The summed E-state index contributed by atoms with van der Waals surface area (Å²) in [5.41, 5.74) is 10.2. The lowest BCUT2D eigenvalue weighted by Crippen LogP contribution is -1.94. The summed E-state index contributed by atoms with van der Waals surface area (Å²) in [5, 5.41) is 7.23. The molecule has 9 rings (SSSR count). The SMILES string of the molecule is c1ccc(-n2c3ccc(-c4ccc(-c5c6ccccc6c(-c6ccccn6)c6ccccc56)cc4)cc3c3cccnc32)cc1. The predicted molar refractivity (Wildman–Crippen MR) is 188 cm³/mol. The lowest BCUT2D eigenvalue weighted by Gasteiger charge is -2.17. The summed E-state index contributed by atoms with van der Waals surface area (Å²) in [6.45, 7) is 0. The Balaban J connectivity index is 1.20. The van der Waals surface area contributed by atoms with E-state index in [9.17, 15) is 0 Å². The maximum Gasteiger partial charge on any atom is 0.145 e. The number of fused-ring (bicyclic) bond motifs is 5. The second kappa shape index (κ2) is 10.3. The van der Waals surface area contributed by atoms with Crippen LogP contribution in [-0.4, -0.2) is 14.5 Å². The van der Waals surface area contributed by atoms with E-state index in [1.165, 1.54) is 54.7 Å². The van der Waals surface area contributed by atoms with E-state index in [4.69, 9.17) is 9.97 Å². The number of hydrogen-bond donors (Lipinski definition) is 0. The van der Waals surface area contributed by atoms with Gasteiger partial charge in [-0.15, -0.1) is 0 Å². The fourth-order valence-corrected chi connectivity index (χ4v) is 6.92. The van der Waals surface area contributed by atoms with Gasteiger partial charge in [-0.3, -0.25) is 9.55 Å². The molecule has 0 amide bonds. The first-order valence-electron chi connectivity index (χ1n) is 15.3. The van der Waals surface area contributed by atoms with E-state index in [-0.39, 0.29) is 0 Å². The number of aromatic nitrogens is 3. The van der Waals surface area contributed by atoms with Crippen LogP contribution in [0.3, 0.4) is 0 Å². The van der Waals surface area contributed by atoms with Crippen molar-refractivity contribution < 1.29 is 0 Å². The summed E-state index contributed by atoms with van der Waals surface area (Å²) < 4.78 is 2.25. The number of para-hydroxylation sites is 1. The molecular formula is C42H27N3. The molecule has 0 fully saturated rings. The minimum Gasteiger partial charge on any atom is -0.294 e. The first-order chi connectivity index (χ1) is 22.3. The molecular weight excluding hydrogens is 546 g/mol. The average Bonchev–Trinajstić information content (AvgIpc) is 3.45. The third-order valence-electron chi connectivity index (χ3n) is 8.90. The van der Waals surface area contributed by atoms with Crippen molar-refractivity contribution in [2.45, 2.75) is 0 Å². The van der Waals surface area contributed by atoms with Crippen molar-refractivity contribution in [3.05, 3.63) is 164 Å². The van der Waals surface area contributed by atoms with Gasteiger partial charge in [0, 0.05) is 34.4 Å². The van der Waals surface area contributed by atoms with Gasteiger partial charge in [0.05, 0.1) is 11.2 Å². The molecule has 3 heteroatoms. The Morgan fingerprint density at radius 2 is 0.956 bits per heavy atom. The highest BCUT2D eigenvalue weighted by Crippen LogP contribution is 2.43. The van der Waals surface area contributed by atoms with Crippen LogP contribution in [0.5, 0.6) is 0 Å². The smallest absolute Gasteiger partial charge is 0.145 e. The summed E-state index contributed by atoms with van der Waals surface area (Å²) in [6, 6.07) is 54.0. The van der Waals surface area contributed by atoms with Crippen molar-refractivity contribution in [1.29, 1.82) is 0 Å². The minimum atomic E-state index is 0.971. The van der Waals surface area contributed by atoms with Crippen molar-refractivity contribution in [2.24, 2.45) is 0 Å². The van der Waals surface area contributed by atoms with Crippen LogP contribution in [0.2, 0.25) is 0 Å². The van der Waals surface area contributed by atoms with Gasteiger partial charge in [0.15, 0.2) is 0 Å². The number of benzene rings is 6. The van der Waals surface area contributed by atoms with Crippen LogP contribution in [0.15, 0.2) is 164 Å². The van der Waals surface area contributed by atoms with E-state index in [0.29, 0.717) is 0 Å². The molecule has 0 saturated heterocycles. The zero-order valence-corrected chi connectivity index (χ0v) is 24.4. The van der Waals surface area contributed by atoms with E-state index in [1.54, 1.807) is 0 Å². The lowest BCUT2D eigenvalue weighted by molar-refractivity contribution is 1.14. The highest BCUT2D eigenvalue weighted by Gasteiger charge is 2.18. The third kappa shape index (κ3) is 4.05. The normalized spacial score (nSPS) is 11.6. The fourth-order valence-electron chi connectivity index (χ4n) is 6.92. The molecule has 210 valence electrons. The second-order valence-corrected chi connectivity index (χ2v) is 11.4. The predicted octanol–water partition coefficient (Wildman–Crippen LogP) is 10.9. The molecule has 3 heterocycles. The molecule has 0 unspecified atom stereocenters. The lowest BCUT2D eigenvalue weighted by atomic mass is 9.87. The molecule has 0 aliphatic carbocycles. The highest BCUT2D eigenvalue weighted by molar-refractivity contribution is 6.21. The van der Waals surface area contributed by atoms with Gasteiger partial charge >= 0.3 is 0 Å². The first kappa shape index (κ1) is 25.4. The molecule has 0 radical (unpaired) electrons. The summed E-state index contributed by atoms with van der Waals surface area (Å²) >= 11 is 0. The molecule has 3 aromatic heterocycles. The molecule has 0 saturated carbocycles. The van der Waals surface area contributed by atoms with E-state index < -0.39 is 0 Å². The molecule has 0 spiro atoms. The van der Waals surface area contributed by atoms with Crippen molar-refractivity contribution in [3.8, 4) is 39.2 Å². The van der Waals surface area contributed by atoms with E-state index in [0.717, 1.165) is 27.9 Å². The topological polar surface area (TPSA) is 30.7 Å². The molecule has 9 aromatic rings. The Labute approximate surface area is 260 Å². The summed E-state index contributed by atoms with van der Waals surface area (Å²) in [7, 11) is 0. The molecule has 6 aromatic carbocycles. The number of hydrogen-bond acceptors (Lipinski definition) is 2. The van der Waals surface area contributed by atoms with Gasteiger partial charge in [0.25, 0.3) is 0 Å². The number of nitrogens with zero attached hydrogens (tertiary/aromatic N) is 3. The monoisotopic (exact) mass is 573 g/mol. The second-order valence-electron chi connectivity index (χ2n) is 11.4. The van der Waals surface area contributed by atoms with Crippen LogP contribution >= 0.6 is 0 Å². The fraction of sp³-hybridized carbons (Fsp3) is 0. The van der Waals surface area contributed by atoms with Crippen LogP contribution in [-0.2, 0) is 0 Å². The van der Waals surface area contributed by atoms with Gasteiger partial charge in [-0.1, -0.05) is 103 Å². The van der Waals surface area contributed by atoms with Crippen LogP contribution in [0.4, 0.5) is 0 Å². The standard InChI is InChI=1S/C42H27N3/c1-2-11-31(12-3-1)45-39-24-23-30(27-37(39)36-17-10-26-44-42(36)45)28-19-21-29(22-20-28)40-32-13-4-6-15-34(32)41(38-18-8-9-25-43-38)35-16-7-5-14-33(35)40/h1-27H. The van der Waals surface area contributed by atoms with E-state index in [1.807, 2.05) is 30.6 Å². The van der Waals surface area contributed by atoms with Gasteiger partial charge < -0.3 is 0 Å². The molecule has 3 nitrogen and oxygen atoms in total. The van der Waals surface area contributed by atoms with Gasteiger partial charge in [0.2, 0.25) is 0 Å². The average molecular weight is 574 g/mol. The Hall–Kier alpha value is -6.06. The van der Waals surface area contributed by atoms with Crippen molar-refractivity contribution in [1.82, 2.24) is 14.5 Å². The quantitative estimate of drug-likeness (QED) is 0.196. The van der Waals surface area contributed by atoms with E-state index >= 15 is 0 Å². The largest absolute Gasteiger partial charge is 0.294 e. The highest BCUT2D eigenvalue weighted by atomic mass is 15.0. The zero-order valence-electron chi connectivity index (χ0n) is 24.4. The van der Waals surface area contributed by atoms with Crippen molar-refractivity contribution in [3.63, 3.8) is 0 Å². The van der Waals surface area contributed by atoms with Crippen LogP contribution < -0.4 is 0 Å². The van der Waals surface area contributed by atoms with Gasteiger partial charge in [0.1, 0.15) is 5.65 Å². The van der Waals surface area contributed by atoms with Crippen molar-refractivity contribution >= 4 is 43.5 Å². The summed E-state index contributed by atoms with van der Waals surface area (Å²) in [4.78, 5) is 9.53. The van der Waals surface area contributed by atoms with Crippen molar-refractivity contribution in [2.75, 3.05) is 0 Å². The number of rotatable bonds is 4. The van der Waals surface area contributed by atoms with Gasteiger partial charge in [-0.2, -0.15) is 0 Å². The Morgan fingerprint density at radius 3 is 1.64 bits per heavy atom. The van der Waals surface area contributed by atoms with E-state index in [2.05, 4.69) is 138 Å². The maximum atomic E-state index is 4.78. The van der Waals surface area contributed by atoms with Gasteiger partial charge in [-0.05, 0) is 92.3 Å². The summed E-state index contributed by atoms with van der Waals surface area (Å²) in [6.07, 6.45) is 3.75. The Kier molecular flexibility index (Phi) is 5.82. The molecule has 45 heavy (non-hydrogen) atoms. The number of pyridine rings is 2. The van der Waals surface area contributed by atoms with Crippen LogP contribution in [0.1, 0.15) is 0 Å². The molecule has 0 N–H and O–H groups in total. The van der Waals surface area contributed by atoms with Crippen LogP contribution in [0.25, 0.3) is 82.7 Å². The molecule has 0 aliphatic rings. The molecule has 0 aliphatic heterocycles. The third-order valence-corrected chi connectivity index (χ3v) is 8.90. The summed E-state index contributed by atoms with van der Waals surface area (Å²) in [5.74, 6) is 0. The molecule has 0 bridgehead atoms. The van der Waals surface area contributed by atoms with Crippen LogP contribution in [0, 0.1) is 0 Å². The zero-order chi connectivity index (χ0) is 29.7.